The van der Waals surface area contributed by atoms with Crippen LogP contribution in [0.25, 0.3) is 0 Å². The van der Waals surface area contributed by atoms with Crippen LogP contribution in [0.3, 0.4) is 0 Å². The van der Waals surface area contributed by atoms with Crippen molar-refractivity contribution in [2.24, 2.45) is 0 Å². The maximum atomic E-state index is 5.37. The smallest absolute Gasteiger partial charge is 0.220 e. The number of nitrogens with zero attached hydrogens (tertiary/aromatic N) is 4. The van der Waals surface area contributed by atoms with Crippen LogP contribution in [0.1, 0.15) is 22.6 Å². The summed E-state index contributed by atoms with van der Waals surface area (Å²) in [6.45, 7) is 4.51. The van der Waals surface area contributed by atoms with E-state index in [0.29, 0.717) is 11.8 Å². The molecular weight excluding hydrogens is 280 g/mol. The lowest BCUT2D eigenvalue weighted by molar-refractivity contribution is 0.235. The van der Waals surface area contributed by atoms with Crippen LogP contribution in [0.2, 0.25) is 0 Å². The number of rotatable bonds is 4. The van der Waals surface area contributed by atoms with Gasteiger partial charge >= 0.3 is 0 Å². The Balaban J connectivity index is 1.77. The van der Waals surface area contributed by atoms with Crippen LogP contribution in [-0.4, -0.2) is 40.6 Å². The van der Waals surface area contributed by atoms with Gasteiger partial charge in [-0.1, -0.05) is 0 Å². The van der Waals surface area contributed by atoms with Crippen LogP contribution in [0, 0.1) is 6.92 Å². The van der Waals surface area contributed by atoms with Crippen molar-refractivity contribution < 1.29 is 9.47 Å². The zero-order valence-corrected chi connectivity index (χ0v) is 13.2. The van der Waals surface area contributed by atoms with Crippen LogP contribution < -0.4 is 9.47 Å². The fourth-order valence-electron chi connectivity index (χ4n) is 2.70. The Hall–Kier alpha value is -2.21. The average molecular weight is 300 g/mol. The largest absolute Gasteiger partial charge is 0.481 e. The molecule has 1 aliphatic heterocycles. The molecule has 116 valence electrons. The molecule has 1 aliphatic rings. The molecular formula is C16H20N4O2. The van der Waals surface area contributed by atoms with Crippen molar-refractivity contribution in [1.29, 1.82) is 0 Å². The Bertz CT molecular complexity index is 675. The fourth-order valence-corrected chi connectivity index (χ4v) is 2.70. The third-order valence-corrected chi connectivity index (χ3v) is 3.86. The van der Waals surface area contributed by atoms with Gasteiger partial charge in [0.1, 0.15) is 5.82 Å². The van der Waals surface area contributed by atoms with Gasteiger partial charge in [0.25, 0.3) is 0 Å². The normalized spacial score (nSPS) is 14.5. The van der Waals surface area contributed by atoms with E-state index in [-0.39, 0.29) is 0 Å². The van der Waals surface area contributed by atoms with Gasteiger partial charge in [-0.15, -0.1) is 0 Å². The summed E-state index contributed by atoms with van der Waals surface area (Å²) in [4.78, 5) is 15.5. The Morgan fingerprint density at radius 1 is 1.18 bits per heavy atom. The van der Waals surface area contributed by atoms with Crippen molar-refractivity contribution in [1.82, 2.24) is 19.9 Å². The first-order chi connectivity index (χ1) is 10.7. The summed E-state index contributed by atoms with van der Waals surface area (Å²) in [5.41, 5.74) is 3.43. The first-order valence-corrected chi connectivity index (χ1v) is 7.31. The number of ether oxygens (including phenoxy) is 2. The summed E-state index contributed by atoms with van der Waals surface area (Å²) in [5.74, 6) is 2.00. The van der Waals surface area contributed by atoms with Gasteiger partial charge in [-0.3, -0.25) is 4.90 Å². The molecule has 0 bridgehead atoms. The molecule has 0 atom stereocenters. The van der Waals surface area contributed by atoms with Gasteiger partial charge in [-0.2, -0.15) is 4.98 Å². The second kappa shape index (κ2) is 6.27. The number of pyridine rings is 1. The van der Waals surface area contributed by atoms with E-state index in [9.17, 15) is 0 Å². The van der Waals surface area contributed by atoms with Gasteiger partial charge in [0.05, 0.1) is 19.9 Å². The summed E-state index contributed by atoms with van der Waals surface area (Å²) in [6.07, 6.45) is 2.92. The van der Waals surface area contributed by atoms with Crippen molar-refractivity contribution >= 4 is 0 Å². The molecule has 0 spiro atoms. The van der Waals surface area contributed by atoms with E-state index in [0.717, 1.165) is 43.1 Å². The minimum Gasteiger partial charge on any atom is -0.481 e. The molecule has 0 saturated heterocycles. The molecule has 0 saturated carbocycles. The second-order valence-electron chi connectivity index (χ2n) is 5.37. The van der Waals surface area contributed by atoms with Crippen molar-refractivity contribution in [3.63, 3.8) is 0 Å². The Morgan fingerprint density at radius 2 is 2.05 bits per heavy atom. The van der Waals surface area contributed by atoms with Gasteiger partial charge in [0, 0.05) is 37.5 Å². The lowest BCUT2D eigenvalue weighted by Crippen LogP contribution is -2.31. The van der Waals surface area contributed by atoms with Gasteiger partial charge in [0.15, 0.2) is 0 Å². The molecule has 0 fully saturated rings. The minimum absolute atomic E-state index is 0.563. The molecule has 2 aromatic heterocycles. The zero-order chi connectivity index (χ0) is 15.5. The molecule has 3 rings (SSSR count). The van der Waals surface area contributed by atoms with Crippen LogP contribution >= 0.6 is 0 Å². The van der Waals surface area contributed by atoms with Crippen LogP contribution in [0.4, 0.5) is 0 Å². The number of aromatic nitrogens is 3. The van der Waals surface area contributed by atoms with E-state index in [1.54, 1.807) is 14.2 Å². The molecule has 6 heteroatoms. The quantitative estimate of drug-likeness (QED) is 0.857. The highest BCUT2D eigenvalue weighted by Crippen LogP contribution is 2.24. The minimum atomic E-state index is 0.563. The predicted octanol–water partition coefficient (Wildman–Crippen LogP) is 1.76. The van der Waals surface area contributed by atoms with Gasteiger partial charge in [0.2, 0.25) is 11.8 Å². The first-order valence-electron chi connectivity index (χ1n) is 7.31. The molecule has 0 aliphatic carbocycles. The lowest BCUT2D eigenvalue weighted by Gasteiger charge is -2.28. The molecule has 22 heavy (non-hydrogen) atoms. The third kappa shape index (κ3) is 3.01. The predicted molar refractivity (Wildman–Crippen MR) is 81.9 cm³/mol. The molecule has 3 heterocycles. The Labute approximate surface area is 130 Å². The van der Waals surface area contributed by atoms with E-state index in [1.807, 2.05) is 25.3 Å². The first kappa shape index (κ1) is 14.7. The lowest BCUT2D eigenvalue weighted by atomic mass is 10.1. The average Bonchev–Trinajstić information content (AvgIpc) is 2.54. The number of methoxy groups -OCH3 is 2. The highest BCUT2D eigenvalue weighted by molar-refractivity contribution is 5.31. The summed E-state index contributed by atoms with van der Waals surface area (Å²) in [7, 11) is 3.23. The van der Waals surface area contributed by atoms with Crippen molar-refractivity contribution in [2.75, 3.05) is 20.8 Å². The molecule has 2 aromatic rings. The maximum Gasteiger partial charge on any atom is 0.220 e. The summed E-state index contributed by atoms with van der Waals surface area (Å²) in [5, 5.41) is 0. The van der Waals surface area contributed by atoms with E-state index < -0.39 is 0 Å². The second-order valence-corrected chi connectivity index (χ2v) is 5.37. The highest BCUT2D eigenvalue weighted by Gasteiger charge is 2.19. The van der Waals surface area contributed by atoms with Gasteiger partial charge in [-0.25, -0.2) is 9.97 Å². The maximum absolute atomic E-state index is 5.37. The molecule has 0 radical (unpaired) electrons. The molecule has 0 amide bonds. The SMILES string of the molecule is COc1ccc(CN2CCc3cnc(C)nc3C2)c(OC)n1. The number of hydrogen-bond donors (Lipinski definition) is 0. The summed E-state index contributed by atoms with van der Waals surface area (Å²) >= 11 is 0. The zero-order valence-electron chi connectivity index (χ0n) is 13.2. The fraction of sp³-hybridized carbons (Fsp3) is 0.438. The van der Waals surface area contributed by atoms with E-state index in [4.69, 9.17) is 9.47 Å². The number of aryl methyl sites for hydroxylation is 1. The molecule has 0 N–H and O–H groups in total. The van der Waals surface area contributed by atoms with Gasteiger partial charge < -0.3 is 9.47 Å². The monoisotopic (exact) mass is 300 g/mol. The standard InChI is InChI=1S/C16H20N4O2/c1-11-17-8-12-6-7-20(10-14(12)18-11)9-13-4-5-15(21-2)19-16(13)22-3/h4-5,8H,6-7,9-10H2,1-3H3. The van der Waals surface area contributed by atoms with E-state index in [1.165, 1.54) is 5.56 Å². The van der Waals surface area contributed by atoms with Crippen molar-refractivity contribution in [3.8, 4) is 11.8 Å². The summed E-state index contributed by atoms with van der Waals surface area (Å²) < 4.78 is 10.5. The van der Waals surface area contributed by atoms with Crippen LogP contribution in [0.15, 0.2) is 18.3 Å². The van der Waals surface area contributed by atoms with E-state index in [2.05, 4.69) is 19.9 Å². The van der Waals surface area contributed by atoms with Crippen molar-refractivity contribution in [2.45, 2.75) is 26.4 Å². The van der Waals surface area contributed by atoms with Crippen LogP contribution in [-0.2, 0) is 19.5 Å². The topological polar surface area (TPSA) is 60.4 Å². The molecule has 0 aromatic carbocycles. The third-order valence-electron chi connectivity index (χ3n) is 3.86. The number of hydrogen-bond acceptors (Lipinski definition) is 6. The molecule has 0 unspecified atom stereocenters. The number of fused-ring (bicyclic) bond motifs is 1. The van der Waals surface area contributed by atoms with Crippen molar-refractivity contribution in [3.05, 3.63) is 41.0 Å². The Kier molecular flexibility index (Phi) is 4.20. The van der Waals surface area contributed by atoms with Crippen LogP contribution in [0.5, 0.6) is 11.8 Å². The Morgan fingerprint density at radius 3 is 2.82 bits per heavy atom. The van der Waals surface area contributed by atoms with Gasteiger partial charge in [-0.05, 0) is 25.0 Å². The summed E-state index contributed by atoms with van der Waals surface area (Å²) in [6, 6.07) is 3.87. The highest BCUT2D eigenvalue weighted by atomic mass is 16.5. The molecule has 6 nitrogen and oxygen atoms in total. The van der Waals surface area contributed by atoms with E-state index >= 15 is 0 Å².